The van der Waals surface area contributed by atoms with E-state index in [0.717, 1.165) is 36.4 Å². The molecular weight excluding hydrogens is 306 g/mol. The van der Waals surface area contributed by atoms with E-state index >= 15 is 0 Å². The number of hydrogen-bond acceptors (Lipinski definition) is 3. The van der Waals surface area contributed by atoms with E-state index in [4.69, 9.17) is 17.0 Å². The van der Waals surface area contributed by atoms with Gasteiger partial charge in [0, 0.05) is 5.56 Å². The summed E-state index contributed by atoms with van der Waals surface area (Å²) in [5, 5.41) is 8.06. The van der Waals surface area contributed by atoms with Crippen LogP contribution in [0.25, 0.3) is 0 Å². The Bertz CT molecular complexity index is 743. The van der Waals surface area contributed by atoms with E-state index in [9.17, 15) is 0 Å². The lowest BCUT2D eigenvalue weighted by atomic mass is 9.90. The van der Waals surface area contributed by atoms with Crippen LogP contribution in [0.3, 0.4) is 0 Å². The Labute approximate surface area is 141 Å². The van der Waals surface area contributed by atoms with Crippen molar-refractivity contribution in [2.45, 2.75) is 19.3 Å². The zero-order valence-corrected chi connectivity index (χ0v) is 13.8. The minimum absolute atomic E-state index is 0.449. The van der Waals surface area contributed by atoms with E-state index in [1.54, 1.807) is 7.11 Å². The van der Waals surface area contributed by atoms with E-state index in [2.05, 4.69) is 34.0 Å². The molecule has 0 bridgehead atoms. The molecule has 0 amide bonds. The lowest BCUT2D eigenvalue weighted by molar-refractivity contribution is 0.417. The Kier molecular flexibility index (Phi) is 4.88. The summed E-state index contributed by atoms with van der Waals surface area (Å²) in [6.07, 6.45) is 3.19. The molecule has 2 N–H and O–H groups in total. The van der Waals surface area contributed by atoms with Gasteiger partial charge in [0.25, 0.3) is 0 Å². The topological polar surface area (TPSA) is 45.6 Å². The molecule has 0 fully saturated rings. The second kappa shape index (κ2) is 7.24. The van der Waals surface area contributed by atoms with E-state index in [1.165, 1.54) is 11.1 Å². The average Bonchev–Trinajstić information content (AvgIpc) is 2.60. The van der Waals surface area contributed by atoms with Gasteiger partial charge in [-0.25, -0.2) is 0 Å². The van der Waals surface area contributed by atoms with Crippen LogP contribution in [-0.2, 0) is 6.42 Å². The molecule has 3 rings (SSSR count). The molecule has 23 heavy (non-hydrogen) atoms. The van der Waals surface area contributed by atoms with Crippen molar-refractivity contribution in [1.82, 2.24) is 5.43 Å². The smallest absolute Gasteiger partial charge is 0.191 e. The standard InChI is InChI=1S/C18H19N3OS/c1-22-17-12-5-4-10-16(17)19-18(23)21-20-15-11-6-8-13-7-2-3-9-14(13)15/h2-5,7,9-10,12H,6,8,11H2,1H3,(H2,19,21,23). The van der Waals surface area contributed by atoms with Gasteiger partial charge in [-0.15, -0.1) is 0 Å². The largest absolute Gasteiger partial charge is 0.495 e. The number of nitrogens with one attached hydrogen (secondary N) is 2. The first-order valence-electron chi connectivity index (χ1n) is 7.63. The van der Waals surface area contributed by atoms with Crippen molar-refractivity contribution in [2.24, 2.45) is 5.10 Å². The molecule has 2 aromatic carbocycles. The highest BCUT2D eigenvalue weighted by atomic mass is 32.1. The van der Waals surface area contributed by atoms with E-state index < -0.39 is 0 Å². The maximum Gasteiger partial charge on any atom is 0.191 e. The zero-order chi connectivity index (χ0) is 16.1. The van der Waals surface area contributed by atoms with E-state index in [-0.39, 0.29) is 0 Å². The van der Waals surface area contributed by atoms with Crippen LogP contribution in [0.15, 0.2) is 53.6 Å². The predicted molar refractivity (Wildman–Crippen MR) is 98.3 cm³/mol. The fourth-order valence-corrected chi connectivity index (χ4v) is 2.89. The van der Waals surface area contributed by atoms with Crippen LogP contribution in [0, 0.1) is 0 Å². The van der Waals surface area contributed by atoms with Crippen LogP contribution in [0.5, 0.6) is 5.75 Å². The van der Waals surface area contributed by atoms with Crippen LogP contribution >= 0.6 is 12.2 Å². The molecule has 0 aliphatic heterocycles. The van der Waals surface area contributed by atoms with Crippen LogP contribution in [0.4, 0.5) is 5.69 Å². The minimum atomic E-state index is 0.449. The number of methoxy groups -OCH3 is 1. The van der Waals surface area contributed by atoms with Crippen molar-refractivity contribution in [3.05, 3.63) is 59.7 Å². The molecule has 2 aromatic rings. The van der Waals surface area contributed by atoms with Crippen LogP contribution < -0.4 is 15.5 Å². The van der Waals surface area contributed by atoms with Gasteiger partial charge >= 0.3 is 0 Å². The van der Waals surface area contributed by atoms with Gasteiger partial charge < -0.3 is 10.1 Å². The molecule has 118 valence electrons. The van der Waals surface area contributed by atoms with E-state index in [0.29, 0.717) is 5.11 Å². The lowest BCUT2D eigenvalue weighted by Gasteiger charge is -2.18. The van der Waals surface area contributed by atoms with Gasteiger partial charge in [0.2, 0.25) is 0 Å². The first kappa shape index (κ1) is 15.5. The SMILES string of the molecule is COc1ccccc1NC(=S)NN=C1CCCc2ccccc21. The first-order valence-corrected chi connectivity index (χ1v) is 8.03. The van der Waals surface area contributed by atoms with Gasteiger partial charge in [0.1, 0.15) is 5.75 Å². The number of anilines is 1. The number of rotatable bonds is 3. The summed E-state index contributed by atoms with van der Waals surface area (Å²) in [5.41, 5.74) is 7.38. The van der Waals surface area contributed by atoms with Crippen molar-refractivity contribution in [1.29, 1.82) is 0 Å². The summed E-state index contributed by atoms with van der Waals surface area (Å²) < 4.78 is 5.30. The quantitative estimate of drug-likeness (QED) is 0.667. The number of thiocarbonyl (C=S) groups is 1. The Hall–Kier alpha value is -2.40. The fraction of sp³-hybridized carbons (Fsp3) is 0.222. The summed E-state index contributed by atoms with van der Waals surface area (Å²) in [7, 11) is 1.64. The van der Waals surface area contributed by atoms with Gasteiger partial charge in [-0.2, -0.15) is 5.10 Å². The molecule has 1 aliphatic carbocycles. The average molecular weight is 325 g/mol. The Morgan fingerprint density at radius 3 is 2.74 bits per heavy atom. The molecule has 0 radical (unpaired) electrons. The third-order valence-corrected chi connectivity index (χ3v) is 4.03. The van der Waals surface area contributed by atoms with Crippen molar-refractivity contribution in [3.63, 3.8) is 0 Å². The molecule has 0 spiro atoms. The lowest BCUT2D eigenvalue weighted by Crippen LogP contribution is -2.26. The summed E-state index contributed by atoms with van der Waals surface area (Å²) in [6, 6.07) is 16.0. The van der Waals surface area contributed by atoms with Crippen molar-refractivity contribution in [2.75, 3.05) is 12.4 Å². The minimum Gasteiger partial charge on any atom is -0.495 e. The number of para-hydroxylation sites is 2. The fourth-order valence-electron chi connectivity index (χ4n) is 2.73. The number of hydrogen-bond donors (Lipinski definition) is 2. The number of aryl methyl sites for hydroxylation is 1. The third kappa shape index (κ3) is 3.68. The maximum absolute atomic E-state index is 5.33. The van der Waals surface area contributed by atoms with Crippen LogP contribution in [-0.4, -0.2) is 17.9 Å². The normalized spacial score (nSPS) is 14.9. The molecule has 5 heteroatoms. The third-order valence-electron chi connectivity index (χ3n) is 3.84. The van der Waals surface area contributed by atoms with Gasteiger partial charge in [-0.3, -0.25) is 5.43 Å². The summed E-state index contributed by atoms with van der Waals surface area (Å²) in [4.78, 5) is 0. The summed E-state index contributed by atoms with van der Waals surface area (Å²) in [5.74, 6) is 0.743. The maximum atomic E-state index is 5.33. The number of nitrogens with zero attached hydrogens (tertiary/aromatic N) is 1. The molecular formula is C18H19N3OS. The summed E-state index contributed by atoms with van der Waals surface area (Å²) >= 11 is 5.33. The number of benzene rings is 2. The van der Waals surface area contributed by atoms with Gasteiger partial charge in [0.15, 0.2) is 5.11 Å². The highest BCUT2D eigenvalue weighted by Gasteiger charge is 2.14. The molecule has 0 saturated heterocycles. The van der Waals surface area contributed by atoms with Gasteiger partial charge in [-0.1, -0.05) is 36.4 Å². The molecule has 4 nitrogen and oxygen atoms in total. The van der Waals surface area contributed by atoms with Crippen molar-refractivity contribution in [3.8, 4) is 5.75 Å². The molecule has 0 unspecified atom stereocenters. The Morgan fingerprint density at radius 2 is 1.87 bits per heavy atom. The number of ether oxygens (including phenoxy) is 1. The highest BCUT2D eigenvalue weighted by molar-refractivity contribution is 7.80. The molecule has 0 aromatic heterocycles. The second-order valence-electron chi connectivity index (χ2n) is 5.34. The predicted octanol–water partition coefficient (Wildman–Crippen LogP) is 3.72. The zero-order valence-electron chi connectivity index (χ0n) is 13.0. The van der Waals surface area contributed by atoms with Crippen molar-refractivity contribution < 1.29 is 4.74 Å². The molecule has 1 aliphatic rings. The number of hydrazone groups is 1. The van der Waals surface area contributed by atoms with Crippen LogP contribution in [0.1, 0.15) is 24.0 Å². The van der Waals surface area contributed by atoms with Crippen molar-refractivity contribution >= 4 is 28.7 Å². The van der Waals surface area contributed by atoms with Gasteiger partial charge in [-0.05, 0) is 49.2 Å². The van der Waals surface area contributed by atoms with Gasteiger partial charge in [0.05, 0.1) is 18.5 Å². The Morgan fingerprint density at radius 1 is 1.09 bits per heavy atom. The van der Waals surface area contributed by atoms with E-state index in [1.807, 2.05) is 30.3 Å². The van der Waals surface area contributed by atoms with Crippen LogP contribution in [0.2, 0.25) is 0 Å². The highest BCUT2D eigenvalue weighted by Crippen LogP contribution is 2.23. The molecule has 0 heterocycles. The second-order valence-corrected chi connectivity index (χ2v) is 5.74. The summed E-state index contributed by atoms with van der Waals surface area (Å²) in [6.45, 7) is 0. The molecule has 0 atom stereocenters. The Balaban J connectivity index is 1.70. The number of fused-ring (bicyclic) bond motifs is 1. The monoisotopic (exact) mass is 325 g/mol. The first-order chi connectivity index (χ1) is 11.3. The molecule has 0 saturated carbocycles.